The Hall–Kier alpha value is -3.73. The zero-order valence-electron chi connectivity index (χ0n) is 15.0. The van der Waals surface area contributed by atoms with Crippen LogP contribution in [-0.4, -0.2) is 25.5 Å². The second-order valence-corrected chi connectivity index (χ2v) is 7.59. The molecule has 7 nitrogen and oxygen atoms in total. The van der Waals surface area contributed by atoms with E-state index in [-0.39, 0.29) is 22.0 Å². The van der Waals surface area contributed by atoms with Crippen molar-refractivity contribution in [3.05, 3.63) is 83.3 Å². The lowest BCUT2D eigenvalue weighted by Gasteiger charge is -2.12. The number of carbonyl (C=O) groups is 1. The van der Waals surface area contributed by atoms with Gasteiger partial charge in [-0.2, -0.15) is 0 Å². The molecule has 0 unspecified atom stereocenters. The molecule has 2 aromatic carbocycles. The van der Waals surface area contributed by atoms with Gasteiger partial charge in [0.2, 0.25) is 0 Å². The highest BCUT2D eigenvalue weighted by molar-refractivity contribution is 7.92. The molecule has 3 aromatic rings. The SMILES string of the molecule is N=Cc1cnc(NC(=O)c2c(F)cccc2F)cc1NS(=O)(=O)c1ccc(F)cc1. The second kappa shape index (κ2) is 8.33. The molecule has 0 bridgehead atoms. The van der Waals surface area contributed by atoms with Crippen molar-refractivity contribution >= 4 is 33.7 Å². The van der Waals surface area contributed by atoms with Gasteiger partial charge < -0.3 is 10.7 Å². The lowest BCUT2D eigenvalue weighted by Crippen LogP contribution is -2.18. The highest BCUT2D eigenvalue weighted by atomic mass is 32.2. The minimum Gasteiger partial charge on any atom is -0.308 e. The maximum atomic E-state index is 13.8. The van der Waals surface area contributed by atoms with E-state index in [0.717, 1.165) is 60.9 Å². The first kappa shape index (κ1) is 21.0. The zero-order chi connectivity index (χ0) is 21.9. The molecule has 3 rings (SSSR count). The van der Waals surface area contributed by atoms with Gasteiger partial charge in [0.1, 0.15) is 28.8 Å². The summed E-state index contributed by atoms with van der Waals surface area (Å²) in [6, 6.07) is 8.02. The fraction of sp³-hybridized carbons (Fsp3) is 0. The first-order chi connectivity index (χ1) is 14.2. The Kier molecular flexibility index (Phi) is 5.83. The van der Waals surface area contributed by atoms with E-state index < -0.39 is 38.9 Å². The van der Waals surface area contributed by atoms with Gasteiger partial charge in [0.15, 0.2) is 0 Å². The maximum absolute atomic E-state index is 13.8. The smallest absolute Gasteiger partial charge is 0.262 e. The number of halogens is 3. The first-order valence-electron chi connectivity index (χ1n) is 8.25. The molecule has 0 aliphatic heterocycles. The third-order valence-corrected chi connectivity index (χ3v) is 5.27. The first-order valence-corrected chi connectivity index (χ1v) is 9.74. The number of anilines is 2. The molecule has 11 heteroatoms. The van der Waals surface area contributed by atoms with Gasteiger partial charge in [0, 0.05) is 24.0 Å². The molecule has 0 radical (unpaired) electrons. The average molecular weight is 434 g/mol. The summed E-state index contributed by atoms with van der Waals surface area (Å²) >= 11 is 0. The zero-order valence-corrected chi connectivity index (χ0v) is 15.8. The van der Waals surface area contributed by atoms with Crippen LogP contribution in [0.2, 0.25) is 0 Å². The third-order valence-electron chi connectivity index (χ3n) is 3.89. The lowest BCUT2D eigenvalue weighted by molar-refractivity contribution is 0.101. The van der Waals surface area contributed by atoms with Crippen LogP contribution >= 0.6 is 0 Å². The largest absolute Gasteiger partial charge is 0.308 e. The van der Waals surface area contributed by atoms with Gasteiger partial charge in [-0.25, -0.2) is 26.6 Å². The van der Waals surface area contributed by atoms with E-state index in [1.807, 2.05) is 0 Å². The summed E-state index contributed by atoms with van der Waals surface area (Å²) in [5.74, 6) is -4.14. The van der Waals surface area contributed by atoms with Crippen molar-refractivity contribution in [3.63, 3.8) is 0 Å². The Labute approximate surface area is 169 Å². The Morgan fingerprint density at radius 2 is 1.67 bits per heavy atom. The molecule has 30 heavy (non-hydrogen) atoms. The van der Waals surface area contributed by atoms with Crippen molar-refractivity contribution in [1.82, 2.24) is 4.98 Å². The molecule has 0 fully saturated rings. The fourth-order valence-corrected chi connectivity index (χ4v) is 3.53. The number of sulfonamides is 1. The Balaban J connectivity index is 1.91. The highest BCUT2D eigenvalue weighted by Crippen LogP contribution is 2.23. The van der Waals surface area contributed by atoms with Crippen LogP contribution in [0.3, 0.4) is 0 Å². The molecule has 1 aromatic heterocycles. The van der Waals surface area contributed by atoms with Crippen LogP contribution in [0.15, 0.2) is 59.6 Å². The van der Waals surface area contributed by atoms with Gasteiger partial charge in [-0.1, -0.05) is 6.07 Å². The number of hydrogen-bond donors (Lipinski definition) is 3. The van der Waals surface area contributed by atoms with Gasteiger partial charge in [-0.05, 0) is 36.4 Å². The number of hydrogen-bond acceptors (Lipinski definition) is 5. The van der Waals surface area contributed by atoms with Gasteiger partial charge >= 0.3 is 0 Å². The molecule has 154 valence electrons. The average Bonchev–Trinajstić information content (AvgIpc) is 2.68. The second-order valence-electron chi connectivity index (χ2n) is 5.91. The third kappa shape index (κ3) is 4.46. The molecule has 0 aliphatic carbocycles. The van der Waals surface area contributed by atoms with Gasteiger partial charge in [-0.15, -0.1) is 0 Å². The fourth-order valence-electron chi connectivity index (χ4n) is 2.45. The molecular formula is C19H13F3N4O3S. The van der Waals surface area contributed by atoms with Crippen LogP contribution in [0.5, 0.6) is 0 Å². The van der Waals surface area contributed by atoms with Crippen molar-refractivity contribution in [2.75, 3.05) is 10.0 Å². The van der Waals surface area contributed by atoms with Crippen LogP contribution in [0.1, 0.15) is 15.9 Å². The normalized spacial score (nSPS) is 11.0. The Morgan fingerprint density at radius 1 is 1.03 bits per heavy atom. The monoisotopic (exact) mass is 434 g/mol. The molecular weight excluding hydrogens is 421 g/mol. The van der Waals surface area contributed by atoms with Crippen molar-refractivity contribution in [2.45, 2.75) is 4.90 Å². The lowest BCUT2D eigenvalue weighted by atomic mass is 10.2. The van der Waals surface area contributed by atoms with Crippen molar-refractivity contribution in [3.8, 4) is 0 Å². The van der Waals surface area contributed by atoms with Crippen LogP contribution in [0.25, 0.3) is 0 Å². The number of aromatic nitrogens is 1. The van der Waals surface area contributed by atoms with Crippen LogP contribution in [0, 0.1) is 22.9 Å². The molecule has 0 saturated heterocycles. The van der Waals surface area contributed by atoms with Gasteiger partial charge in [0.25, 0.3) is 15.9 Å². The number of carbonyl (C=O) groups excluding carboxylic acids is 1. The van der Waals surface area contributed by atoms with Crippen molar-refractivity contribution < 1.29 is 26.4 Å². The van der Waals surface area contributed by atoms with Crippen LogP contribution < -0.4 is 10.0 Å². The predicted molar refractivity (Wildman–Crippen MR) is 104 cm³/mol. The van der Waals surface area contributed by atoms with Gasteiger partial charge in [-0.3, -0.25) is 9.52 Å². The number of benzene rings is 2. The molecule has 3 N–H and O–H groups in total. The van der Waals surface area contributed by atoms with E-state index in [2.05, 4.69) is 15.0 Å². The summed E-state index contributed by atoms with van der Waals surface area (Å²) in [7, 11) is -4.15. The number of nitrogens with one attached hydrogen (secondary N) is 3. The number of amides is 1. The quantitative estimate of drug-likeness (QED) is 0.515. The minimum absolute atomic E-state index is 0.0516. The van der Waals surface area contributed by atoms with E-state index in [0.29, 0.717) is 0 Å². The summed E-state index contributed by atoms with van der Waals surface area (Å²) in [6.07, 6.45) is 1.90. The van der Waals surface area contributed by atoms with E-state index in [1.165, 1.54) is 0 Å². The van der Waals surface area contributed by atoms with E-state index >= 15 is 0 Å². The topological polar surface area (TPSA) is 112 Å². The molecule has 0 atom stereocenters. The van der Waals surface area contributed by atoms with E-state index in [4.69, 9.17) is 5.41 Å². The Morgan fingerprint density at radius 3 is 2.27 bits per heavy atom. The summed E-state index contributed by atoms with van der Waals surface area (Å²) in [4.78, 5) is 15.8. The molecule has 0 aliphatic rings. The summed E-state index contributed by atoms with van der Waals surface area (Å²) in [5, 5.41) is 9.57. The highest BCUT2D eigenvalue weighted by Gasteiger charge is 2.20. The predicted octanol–water partition coefficient (Wildman–Crippen LogP) is 3.55. The van der Waals surface area contributed by atoms with Crippen LogP contribution in [0.4, 0.5) is 24.7 Å². The van der Waals surface area contributed by atoms with E-state index in [9.17, 15) is 26.4 Å². The van der Waals surface area contributed by atoms with Gasteiger partial charge in [0.05, 0.1) is 10.6 Å². The molecule has 0 spiro atoms. The van der Waals surface area contributed by atoms with Crippen LogP contribution in [-0.2, 0) is 10.0 Å². The van der Waals surface area contributed by atoms with Crippen molar-refractivity contribution in [2.24, 2.45) is 0 Å². The summed E-state index contributed by atoms with van der Waals surface area (Å²) < 4.78 is 67.8. The Bertz CT molecular complexity index is 1210. The number of rotatable bonds is 6. The standard InChI is InChI=1S/C19H13F3N4O3S/c20-12-4-6-13(7-5-12)30(28,29)26-16-8-17(24-10-11(16)9-23)25-19(27)18-14(21)2-1-3-15(18)22/h1-10,23H,(H2,24,25,26,27). The molecule has 1 amide bonds. The molecule has 0 saturated carbocycles. The van der Waals surface area contributed by atoms with Crippen molar-refractivity contribution in [1.29, 1.82) is 5.41 Å². The summed E-state index contributed by atoms with van der Waals surface area (Å²) in [5.41, 5.74) is -0.909. The van der Waals surface area contributed by atoms with E-state index in [1.54, 1.807) is 0 Å². The minimum atomic E-state index is -4.15. The number of nitrogens with zero attached hydrogens (tertiary/aromatic N) is 1. The number of pyridine rings is 1. The summed E-state index contributed by atoms with van der Waals surface area (Å²) in [6.45, 7) is 0. The molecule has 1 heterocycles. The maximum Gasteiger partial charge on any atom is 0.262 e.